The summed E-state index contributed by atoms with van der Waals surface area (Å²) in [5, 5.41) is 3.48. The Bertz CT molecular complexity index is 547. The van der Waals surface area contributed by atoms with Crippen molar-refractivity contribution in [2.24, 2.45) is 0 Å². The van der Waals surface area contributed by atoms with Gasteiger partial charge in [-0.3, -0.25) is 0 Å². The Kier molecular flexibility index (Phi) is 7.62. The van der Waals surface area contributed by atoms with Crippen LogP contribution in [0.15, 0.2) is 23.1 Å². The van der Waals surface area contributed by atoms with Gasteiger partial charge in [0.05, 0.1) is 5.02 Å². The average molecular weight is 334 g/mol. The number of hydrogen-bond acceptors (Lipinski definition) is 4. The van der Waals surface area contributed by atoms with Gasteiger partial charge < -0.3 is 10.2 Å². The highest BCUT2D eigenvalue weighted by Gasteiger charge is 2.18. The maximum Gasteiger partial charge on any atom is 0.242 e. The first-order valence-corrected chi connectivity index (χ1v) is 8.86. The summed E-state index contributed by atoms with van der Waals surface area (Å²) < 4.78 is 27.1. The number of halogens is 1. The molecule has 1 aromatic rings. The zero-order valence-electron chi connectivity index (χ0n) is 12.8. The van der Waals surface area contributed by atoms with E-state index in [1.807, 2.05) is 25.1 Å². The molecule has 21 heavy (non-hydrogen) atoms. The van der Waals surface area contributed by atoms with Crippen LogP contribution in [-0.4, -0.2) is 47.0 Å². The highest BCUT2D eigenvalue weighted by Crippen LogP contribution is 2.22. The van der Waals surface area contributed by atoms with E-state index in [9.17, 15) is 8.42 Å². The summed E-state index contributed by atoms with van der Waals surface area (Å²) in [7, 11) is 0.204. The van der Waals surface area contributed by atoms with E-state index in [-0.39, 0.29) is 9.92 Å². The maximum atomic E-state index is 12.3. The normalized spacial score (nSPS) is 12.0. The van der Waals surface area contributed by atoms with Gasteiger partial charge in [-0.1, -0.05) is 24.6 Å². The molecule has 0 fully saturated rings. The van der Waals surface area contributed by atoms with Crippen LogP contribution >= 0.6 is 11.6 Å². The Morgan fingerprint density at radius 3 is 2.57 bits per heavy atom. The van der Waals surface area contributed by atoms with Crippen LogP contribution in [-0.2, 0) is 16.6 Å². The zero-order chi connectivity index (χ0) is 15.9. The van der Waals surface area contributed by atoms with Crippen LogP contribution in [0.1, 0.15) is 18.9 Å². The molecule has 7 heteroatoms. The number of sulfonamides is 1. The third-order valence-electron chi connectivity index (χ3n) is 2.89. The quantitative estimate of drug-likeness (QED) is 0.675. The van der Waals surface area contributed by atoms with Crippen LogP contribution in [0.5, 0.6) is 0 Å². The van der Waals surface area contributed by atoms with E-state index in [4.69, 9.17) is 11.6 Å². The van der Waals surface area contributed by atoms with Crippen molar-refractivity contribution in [3.05, 3.63) is 28.8 Å². The Labute approximate surface area is 132 Å². The van der Waals surface area contributed by atoms with Gasteiger partial charge in [-0.2, -0.15) is 0 Å². The standard InChI is InChI=1S/C14H24ClN3O2S/c1-4-7-16-11-12-5-6-13(15)14(10-12)21(19,20)17-8-9-18(2)3/h5-6,10,16-17H,4,7-9,11H2,1-3H3. The largest absolute Gasteiger partial charge is 0.313 e. The van der Waals surface area contributed by atoms with Gasteiger partial charge in [0.25, 0.3) is 0 Å². The van der Waals surface area contributed by atoms with Crippen molar-refractivity contribution in [2.45, 2.75) is 24.8 Å². The molecule has 5 nitrogen and oxygen atoms in total. The number of hydrogen-bond donors (Lipinski definition) is 2. The summed E-state index contributed by atoms with van der Waals surface area (Å²) in [5.41, 5.74) is 0.904. The zero-order valence-corrected chi connectivity index (χ0v) is 14.4. The number of likely N-dealkylation sites (N-methyl/N-ethyl adjacent to an activating group) is 1. The second kappa shape index (κ2) is 8.70. The van der Waals surface area contributed by atoms with Gasteiger partial charge in [0.2, 0.25) is 10.0 Å². The fourth-order valence-electron chi connectivity index (χ4n) is 1.75. The minimum absolute atomic E-state index is 0.138. The van der Waals surface area contributed by atoms with E-state index < -0.39 is 10.0 Å². The van der Waals surface area contributed by atoms with Crippen molar-refractivity contribution in [1.29, 1.82) is 0 Å². The highest BCUT2D eigenvalue weighted by molar-refractivity contribution is 7.89. The molecule has 0 bridgehead atoms. The third kappa shape index (κ3) is 6.32. The molecule has 1 rings (SSSR count). The Morgan fingerprint density at radius 2 is 1.95 bits per heavy atom. The van der Waals surface area contributed by atoms with Crippen molar-refractivity contribution < 1.29 is 8.42 Å². The van der Waals surface area contributed by atoms with Crippen molar-refractivity contribution in [3.8, 4) is 0 Å². The molecule has 2 N–H and O–H groups in total. The molecule has 0 heterocycles. The minimum atomic E-state index is -3.58. The maximum absolute atomic E-state index is 12.3. The molecule has 0 aromatic heterocycles. The van der Waals surface area contributed by atoms with Crippen LogP contribution in [0.25, 0.3) is 0 Å². The van der Waals surface area contributed by atoms with Crippen LogP contribution in [0.4, 0.5) is 0 Å². The second-order valence-electron chi connectivity index (χ2n) is 5.14. The number of nitrogens with zero attached hydrogens (tertiary/aromatic N) is 1. The molecule has 0 amide bonds. The van der Waals surface area contributed by atoms with Crippen molar-refractivity contribution >= 4 is 21.6 Å². The fourth-order valence-corrected chi connectivity index (χ4v) is 3.32. The first-order valence-electron chi connectivity index (χ1n) is 7.00. The Morgan fingerprint density at radius 1 is 1.24 bits per heavy atom. The molecule has 0 aliphatic carbocycles. The Hall–Kier alpha value is -0.660. The molecule has 0 radical (unpaired) electrons. The van der Waals surface area contributed by atoms with Crippen LogP contribution in [0.3, 0.4) is 0 Å². The van der Waals surface area contributed by atoms with Gasteiger partial charge in [0.1, 0.15) is 4.90 Å². The monoisotopic (exact) mass is 333 g/mol. The summed E-state index contributed by atoms with van der Waals surface area (Å²) >= 11 is 6.03. The van der Waals surface area contributed by atoms with Gasteiger partial charge in [-0.15, -0.1) is 0 Å². The molecule has 120 valence electrons. The molecular formula is C14H24ClN3O2S. The highest BCUT2D eigenvalue weighted by atomic mass is 35.5. The lowest BCUT2D eigenvalue weighted by molar-refractivity contribution is 0.412. The van der Waals surface area contributed by atoms with Gasteiger partial charge in [0, 0.05) is 19.6 Å². The van der Waals surface area contributed by atoms with E-state index in [1.54, 1.807) is 12.1 Å². The average Bonchev–Trinajstić information content (AvgIpc) is 2.40. The lowest BCUT2D eigenvalue weighted by atomic mass is 10.2. The fraction of sp³-hybridized carbons (Fsp3) is 0.571. The van der Waals surface area contributed by atoms with Gasteiger partial charge in [-0.05, 0) is 44.8 Å². The summed E-state index contributed by atoms with van der Waals surface area (Å²) in [4.78, 5) is 2.05. The topological polar surface area (TPSA) is 61.4 Å². The van der Waals surface area contributed by atoms with Crippen LogP contribution in [0.2, 0.25) is 5.02 Å². The van der Waals surface area contributed by atoms with Crippen molar-refractivity contribution in [3.63, 3.8) is 0 Å². The number of rotatable bonds is 9. The predicted molar refractivity (Wildman–Crippen MR) is 87.2 cm³/mol. The molecule has 0 atom stereocenters. The van der Waals surface area contributed by atoms with E-state index in [0.29, 0.717) is 19.6 Å². The SMILES string of the molecule is CCCNCc1ccc(Cl)c(S(=O)(=O)NCCN(C)C)c1. The molecule has 0 saturated heterocycles. The smallest absolute Gasteiger partial charge is 0.242 e. The molecule has 0 aliphatic heterocycles. The van der Waals surface area contributed by atoms with Gasteiger partial charge in [-0.25, -0.2) is 13.1 Å². The Balaban J connectivity index is 2.81. The minimum Gasteiger partial charge on any atom is -0.313 e. The molecule has 0 spiro atoms. The number of nitrogens with one attached hydrogen (secondary N) is 2. The lowest BCUT2D eigenvalue weighted by Crippen LogP contribution is -2.31. The lowest BCUT2D eigenvalue weighted by Gasteiger charge is -2.13. The summed E-state index contributed by atoms with van der Waals surface area (Å²) in [6.07, 6.45) is 1.03. The molecule has 0 saturated carbocycles. The predicted octanol–water partition coefficient (Wildman–Crippen LogP) is 1.68. The second-order valence-corrected chi connectivity index (χ2v) is 7.29. The van der Waals surface area contributed by atoms with E-state index in [0.717, 1.165) is 18.5 Å². The number of benzene rings is 1. The van der Waals surface area contributed by atoms with Crippen LogP contribution in [0, 0.1) is 0 Å². The first-order chi connectivity index (χ1) is 9.86. The van der Waals surface area contributed by atoms with Crippen molar-refractivity contribution in [2.75, 3.05) is 33.7 Å². The van der Waals surface area contributed by atoms with Crippen LogP contribution < -0.4 is 10.0 Å². The van der Waals surface area contributed by atoms with Gasteiger partial charge >= 0.3 is 0 Å². The molecular weight excluding hydrogens is 310 g/mol. The molecule has 0 unspecified atom stereocenters. The molecule has 0 aliphatic rings. The van der Waals surface area contributed by atoms with Gasteiger partial charge in [0.15, 0.2) is 0 Å². The van der Waals surface area contributed by atoms with E-state index in [2.05, 4.69) is 17.0 Å². The summed E-state index contributed by atoms with van der Waals surface area (Å²) in [6.45, 7) is 4.59. The summed E-state index contributed by atoms with van der Waals surface area (Å²) in [5.74, 6) is 0. The first kappa shape index (κ1) is 18.4. The van der Waals surface area contributed by atoms with E-state index >= 15 is 0 Å². The summed E-state index contributed by atoms with van der Waals surface area (Å²) in [6, 6.07) is 5.10. The third-order valence-corrected chi connectivity index (χ3v) is 4.83. The molecule has 1 aromatic carbocycles. The van der Waals surface area contributed by atoms with E-state index in [1.165, 1.54) is 0 Å². The van der Waals surface area contributed by atoms with Crippen molar-refractivity contribution in [1.82, 2.24) is 14.9 Å².